The van der Waals surface area contributed by atoms with Crippen LogP contribution in [0.4, 0.5) is 0 Å². The maximum Gasteiger partial charge on any atom is 0.173 e. The number of rotatable bonds is 6. The fourth-order valence-corrected chi connectivity index (χ4v) is 2.05. The first-order valence-electron chi connectivity index (χ1n) is 4.78. The van der Waals surface area contributed by atoms with E-state index in [2.05, 4.69) is 13.0 Å². The molecule has 1 aromatic rings. The van der Waals surface area contributed by atoms with Gasteiger partial charge in [-0.3, -0.25) is 0 Å². The summed E-state index contributed by atoms with van der Waals surface area (Å²) in [6.07, 6.45) is 3.29. The zero-order valence-electron chi connectivity index (χ0n) is 8.08. The molecule has 1 heterocycles. The average Bonchev–Trinajstić information content (AvgIpc) is 2.54. The molecule has 0 atom stereocenters. The molecule has 13 heavy (non-hydrogen) atoms. The standard InChI is InChI=1S/C10H17NOS/c1-2-4-9-5-6-10(13-9)12-8-3-7-11/h5-6H,2-4,7-8,11H2,1H3. The molecular formula is C10H17NOS. The van der Waals surface area contributed by atoms with Crippen molar-refractivity contribution in [2.24, 2.45) is 5.73 Å². The minimum atomic E-state index is 0.702. The fraction of sp³-hybridized carbons (Fsp3) is 0.600. The van der Waals surface area contributed by atoms with Crippen molar-refractivity contribution >= 4 is 11.3 Å². The SMILES string of the molecule is CCCc1ccc(OCCCN)s1. The molecule has 0 aliphatic carbocycles. The van der Waals surface area contributed by atoms with Crippen LogP contribution in [-0.2, 0) is 6.42 Å². The van der Waals surface area contributed by atoms with E-state index in [0.717, 1.165) is 24.5 Å². The Hall–Kier alpha value is -0.540. The molecule has 0 saturated carbocycles. The predicted octanol–water partition coefficient (Wildman–Crippen LogP) is 2.43. The molecule has 1 rings (SSSR count). The van der Waals surface area contributed by atoms with Gasteiger partial charge in [0.1, 0.15) is 0 Å². The molecule has 0 amide bonds. The summed E-state index contributed by atoms with van der Waals surface area (Å²) >= 11 is 1.74. The quantitative estimate of drug-likeness (QED) is 0.714. The maximum atomic E-state index is 5.51. The third-order valence-corrected chi connectivity index (χ3v) is 2.78. The minimum absolute atomic E-state index is 0.702. The van der Waals surface area contributed by atoms with Crippen molar-refractivity contribution in [3.05, 3.63) is 17.0 Å². The molecule has 0 bridgehead atoms. The van der Waals surface area contributed by atoms with E-state index in [0.29, 0.717) is 6.54 Å². The summed E-state index contributed by atoms with van der Waals surface area (Å²) < 4.78 is 5.51. The van der Waals surface area contributed by atoms with E-state index in [4.69, 9.17) is 10.5 Å². The van der Waals surface area contributed by atoms with Gasteiger partial charge in [0.05, 0.1) is 6.61 Å². The molecule has 3 heteroatoms. The number of nitrogens with two attached hydrogens (primary N) is 1. The highest BCUT2D eigenvalue weighted by molar-refractivity contribution is 7.13. The second-order valence-electron chi connectivity index (χ2n) is 2.96. The molecule has 2 nitrogen and oxygen atoms in total. The fourth-order valence-electron chi connectivity index (χ4n) is 1.07. The van der Waals surface area contributed by atoms with Crippen LogP contribution in [0, 0.1) is 0 Å². The van der Waals surface area contributed by atoms with Gasteiger partial charge in [0.2, 0.25) is 0 Å². The Labute approximate surface area is 83.7 Å². The molecule has 1 aromatic heterocycles. The van der Waals surface area contributed by atoms with Crippen LogP contribution in [0.2, 0.25) is 0 Å². The molecule has 0 unspecified atom stereocenters. The Morgan fingerprint density at radius 3 is 3.00 bits per heavy atom. The summed E-state index contributed by atoms with van der Waals surface area (Å²) in [5.41, 5.74) is 5.37. The molecule has 0 aliphatic rings. The molecule has 74 valence electrons. The van der Waals surface area contributed by atoms with Crippen molar-refractivity contribution in [1.29, 1.82) is 0 Å². The molecule has 0 radical (unpaired) electrons. The molecule has 2 N–H and O–H groups in total. The Kier molecular flexibility index (Phi) is 4.86. The van der Waals surface area contributed by atoms with Crippen LogP contribution >= 0.6 is 11.3 Å². The highest BCUT2D eigenvalue weighted by Gasteiger charge is 1.99. The lowest BCUT2D eigenvalue weighted by molar-refractivity contribution is 0.322. The van der Waals surface area contributed by atoms with E-state index < -0.39 is 0 Å². The van der Waals surface area contributed by atoms with Gasteiger partial charge in [-0.2, -0.15) is 0 Å². The minimum Gasteiger partial charge on any atom is -0.484 e. The average molecular weight is 199 g/mol. The van der Waals surface area contributed by atoms with E-state index in [1.54, 1.807) is 11.3 Å². The van der Waals surface area contributed by atoms with Gasteiger partial charge < -0.3 is 10.5 Å². The summed E-state index contributed by atoms with van der Waals surface area (Å²) in [6, 6.07) is 4.19. The normalized spacial score (nSPS) is 10.3. The zero-order chi connectivity index (χ0) is 9.52. The Morgan fingerprint density at radius 1 is 1.46 bits per heavy atom. The molecule has 0 aliphatic heterocycles. The third kappa shape index (κ3) is 3.79. The van der Waals surface area contributed by atoms with Crippen LogP contribution in [-0.4, -0.2) is 13.2 Å². The van der Waals surface area contributed by atoms with Gasteiger partial charge in [-0.05, 0) is 31.5 Å². The summed E-state index contributed by atoms with van der Waals surface area (Å²) in [4.78, 5) is 1.41. The van der Waals surface area contributed by atoms with Gasteiger partial charge in [0.15, 0.2) is 5.06 Å². The van der Waals surface area contributed by atoms with Crippen molar-refractivity contribution in [3.63, 3.8) is 0 Å². The van der Waals surface area contributed by atoms with E-state index >= 15 is 0 Å². The van der Waals surface area contributed by atoms with Gasteiger partial charge in [-0.1, -0.05) is 13.3 Å². The van der Waals surface area contributed by atoms with Crippen LogP contribution in [0.1, 0.15) is 24.6 Å². The van der Waals surface area contributed by atoms with Crippen LogP contribution in [0.15, 0.2) is 12.1 Å². The third-order valence-electron chi connectivity index (χ3n) is 1.73. The Bertz CT molecular complexity index is 235. The molecule has 0 aromatic carbocycles. The van der Waals surface area contributed by atoms with Crippen molar-refractivity contribution in [2.45, 2.75) is 26.2 Å². The lowest BCUT2D eigenvalue weighted by Crippen LogP contribution is -2.05. The number of ether oxygens (including phenoxy) is 1. The van der Waals surface area contributed by atoms with Gasteiger partial charge >= 0.3 is 0 Å². The van der Waals surface area contributed by atoms with Crippen LogP contribution in [0.5, 0.6) is 5.06 Å². The first-order valence-corrected chi connectivity index (χ1v) is 5.60. The lowest BCUT2D eigenvalue weighted by Gasteiger charge is -2.00. The summed E-state index contributed by atoms with van der Waals surface area (Å²) in [6.45, 7) is 3.63. The largest absolute Gasteiger partial charge is 0.484 e. The van der Waals surface area contributed by atoms with E-state index in [-0.39, 0.29) is 0 Å². The maximum absolute atomic E-state index is 5.51. The second-order valence-corrected chi connectivity index (χ2v) is 4.09. The predicted molar refractivity (Wildman–Crippen MR) is 57.5 cm³/mol. The lowest BCUT2D eigenvalue weighted by atomic mass is 10.3. The highest BCUT2D eigenvalue weighted by atomic mass is 32.1. The summed E-state index contributed by atoms with van der Waals surface area (Å²) in [7, 11) is 0. The molecule has 0 fully saturated rings. The monoisotopic (exact) mass is 199 g/mol. The van der Waals surface area contributed by atoms with Crippen molar-refractivity contribution in [1.82, 2.24) is 0 Å². The molecule has 0 saturated heterocycles. The van der Waals surface area contributed by atoms with Crippen molar-refractivity contribution in [2.75, 3.05) is 13.2 Å². The van der Waals surface area contributed by atoms with E-state index in [1.807, 2.05) is 6.07 Å². The second kappa shape index (κ2) is 6.00. The topological polar surface area (TPSA) is 35.2 Å². The van der Waals surface area contributed by atoms with E-state index in [1.165, 1.54) is 11.3 Å². The number of hydrogen-bond acceptors (Lipinski definition) is 3. The number of hydrogen-bond donors (Lipinski definition) is 1. The Morgan fingerprint density at radius 2 is 2.31 bits per heavy atom. The number of thiophene rings is 1. The smallest absolute Gasteiger partial charge is 0.173 e. The van der Waals surface area contributed by atoms with Crippen molar-refractivity contribution < 1.29 is 4.74 Å². The first kappa shape index (κ1) is 10.5. The zero-order valence-corrected chi connectivity index (χ0v) is 8.90. The van der Waals surface area contributed by atoms with Gasteiger partial charge in [0.25, 0.3) is 0 Å². The van der Waals surface area contributed by atoms with Crippen LogP contribution < -0.4 is 10.5 Å². The highest BCUT2D eigenvalue weighted by Crippen LogP contribution is 2.25. The van der Waals surface area contributed by atoms with Crippen LogP contribution in [0.25, 0.3) is 0 Å². The molecular weight excluding hydrogens is 182 g/mol. The van der Waals surface area contributed by atoms with Gasteiger partial charge in [0, 0.05) is 4.88 Å². The number of aryl methyl sites for hydroxylation is 1. The summed E-state index contributed by atoms with van der Waals surface area (Å²) in [5.74, 6) is 0. The van der Waals surface area contributed by atoms with Crippen LogP contribution in [0.3, 0.4) is 0 Å². The van der Waals surface area contributed by atoms with Crippen molar-refractivity contribution in [3.8, 4) is 5.06 Å². The van der Waals surface area contributed by atoms with Gasteiger partial charge in [-0.25, -0.2) is 0 Å². The first-order chi connectivity index (χ1) is 6.36. The van der Waals surface area contributed by atoms with Gasteiger partial charge in [-0.15, -0.1) is 11.3 Å². The molecule has 0 spiro atoms. The van der Waals surface area contributed by atoms with E-state index in [9.17, 15) is 0 Å². The Balaban J connectivity index is 2.31. The summed E-state index contributed by atoms with van der Waals surface area (Å²) in [5, 5.41) is 1.02.